The van der Waals surface area contributed by atoms with Gasteiger partial charge in [-0.25, -0.2) is 4.39 Å². The molecule has 0 spiro atoms. The van der Waals surface area contributed by atoms with Crippen molar-refractivity contribution in [3.8, 4) is 11.4 Å². The lowest BCUT2D eigenvalue weighted by atomic mass is 10.0. The second kappa shape index (κ2) is 9.52. The number of benzene rings is 2. The molecule has 0 aliphatic rings. The Labute approximate surface area is 174 Å². The summed E-state index contributed by atoms with van der Waals surface area (Å²) >= 11 is 1.30. The van der Waals surface area contributed by atoms with Crippen LogP contribution in [0.2, 0.25) is 0 Å². The largest absolute Gasteiger partial charge is 0.325 e. The number of anilines is 1. The standard InChI is InChI=1S/C22H23FN4OS/c1-4-13-27-21(16-9-11-17(23)12-10-16)25-26-22(27)29-14-20(28)24-19-8-6-5-7-18(19)15(2)3/h4-12,15H,1,13-14H2,2-3H3,(H,24,28). The number of hydrogen-bond acceptors (Lipinski definition) is 4. The van der Waals surface area contributed by atoms with E-state index in [1.165, 1.54) is 23.9 Å². The minimum atomic E-state index is -0.309. The highest BCUT2D eigenvalue weighted by Crippen LogP contribution is 2.26. The van der Waals surface area contributed by atoms with Gasteiger partial charge in [0, 0.05) is 17.8 Å². The summed E-state index contributed by atoms with van der Waals surface area (Å²) < 4.78 is 15.1. The molecule has 7 heteroatoms. The van der Waals surface area contributed by atoms with Crippen LogP contribution in [0.1, 0.15) is 25.3 Å². The second-order valence-corrected chi connectivity index (χ2v) is 7.73. The average Bonchev–Trinajstić information content (AvgIpc) is 3.10. The molecule has 0 radical (unpaired) electrons. The number of nitrogens with zero attached hydrogens (tertiary/aromatic N) is 3. The number of nitrogens with one attached hydrogen (secondary N) is 1. The molecule has 1 N–H and O–H groups in total. The van der Waals surface area contributed by atoms with E-state index in [2.05, 4.69) is 35.9 Å². The maximum atomic E-state index is 13.2. The highest BCUT2D eigenvalue weighted by Gasteiger charge is 2.16. The Morgan fingerprint density at radius 2 is 1.93 bits per heavy atom. The van der Waals surface area contributed by atoms with Gasteiger partial charge in [-0.1, -0.05) is 49.9 Å². The van der Waals surface area contributed by atoms with Crippen LogP contribution < -0.4 is 5.32 Å². The van der Waals surface area contributed by atoms with E-state index in [0.29, 0.717) is 23.4 Å². The third-order valence-electron chi connectivity index (χ3n) is 4.32. The molecule has 0 saturated carbocycles. The first kappa shape index (κ1) is 20.8. The quantitative estimate of drug-likeness (QED) is 0.413. The van der Waals surface area contributed by atoms with E-state index < -0.39 is 0 Å². The number of carbonyl (C=O) groups excluding carboxylic acids is 1. The summed E-state index contributed by atoms with van der Waals surface area (Å²) in [7, 11) is 0. The van der Waals surface area contributed by atoms with Crippen LogP contribution >= 0.6 is 11.8 Å². The minimum absolute atomic E-state index is 0.111. The van der Waals surface area contributed by atoms with Gasteiger partial charge in [0.05, 0.1) is 5.75 Å². The van der Waals surface area contributed by atoms with Gasteiger partial charge in [-0.05, 0) is 41.8 Å². The van der Waals surface area contributed by atoms with E-state index in [1.54, 1.807) is 18.2 Å². The van der Waals surface area contributed by atoms with Crippen molar-refractivity contribution in [3.05, 3.63) is 72.6 Å². The summed E-state index contributed by atoms with van der Waals surface area (Å²) in [6.45, 7) is 8.45. The summed E-state index contributed by atoms with van der Waals surface area (Å²) in [5, 5.41) is 12.0. The van der Waals surface area contributed by atoms with Gasteiger partial charge in [-0.15, -0.1) is 16.8 Å². The van der Waals surface area contributed by atoms with E-state index in [-0.39, 0.29) is 17.5 Å². The molecule has 0 aliphatic carbocycles. The fraction of sp³-hybridized carbons (Fsp3) is 0.227. The molecule has 0 fully saturated rings. The van der Waals surface area contributed by atoms with E-state index in [4.69, 9.17) is 0 Å². The van der Waals surface area contributed by atoms with Crippen molar-refractivity contribution < 1.29 is 9.18 Å². The number of amides is 1. The number of thioether (sulfide) groups is 1. The van der Waals surface area contributed by atoms with Crippen molar-refractivity contribution in [1.29, 1.82) is 0 Å². The Balaban J connectivity index is 1.73. The van der Waals surface area contributed by atoms with Crippen LogP contribution in [0.5, 0.6) is 0 Å². The molecule has 1 amide bonds. The molecule has 0 unspecified atom stereocenters. The monoisotopic (exact) mass is 410 g/mol. The van der Waals surface area contributed by atoms with Crippen LogP contribution in [0.3, 0.4) is 0 Å². The van der Waals surface area contributed by atoms with E-state index in [9.17, 15) is 9.18 Å². The predicted molar refractivity (Wildman–Crippen MR) is 115 cm³/mol. The van der Waals surface area contributed by atoms with Crippen molar-refractivity contribution in [2.45, 2.75) is 31.5 Å². The first-order chi connectivity index (χ1) is 14.0. The van der Waals surface area contributed by atoms with Crippen LogP contribution in [0, 0.1) is 5.82 Å². The Morgan fingerprint density at radius 1 is 1.21 bits per heavy atom. The molecule has 2 aromatic carbocycles. The van der Waals surface area contributed by atoms with Crippen LogP contribution in [0.25, 0.3) is 11.4 Å². The summed E-state index contributed by atoms with van der Waals surface area (Å²) in [5.74, 6) is 0.702. The third-order valence-corrected chi connectivity index (χ3v) is 5.29. The number of para-hydroxylation sites is 1. The van der Waals surface area contributed by atoms with Crippen molar-refractivity contribution in [3.63, 3.8) is 0 Å². The van der Waals surface area contributed by atoms with Gasteiger partial charge < -0.3 is 5.32 Å². The van der Waals surface area contributed by atoms with Crippen LogP contribution in [-0.2, 0) is 11.3 Å². The van der Waals surface area contributed by atoms with E-state index >= 15 is 0 Å². The fourth-order valence-electron chi connectivity index (χ4n) is 2.93. The molecule has 150 valence electrons. The lowest BCUT2D eigenvalue weighted by Gasteiger charge is -2.13. The molecule has 1 heterocycles. The molecule has 0 aliphatic heterocycles. The number of aromatic nitrogens is 3. The minimum Gasteiger partial charge on any atom is -0.325 e. The van der Waals surface area contributed by atoms with Crippen LogP contribution in [0.15, 0.2) is 66.3 Å². The lowest BCUT2D eigenvalue weighted by molar-refractivity contribution is -0.113. The van der Waals surface area contributed by atoms with Gasteiger partial charge in [0.25, 0.3) is 0 Å². The van der Waals surface area contributed by atoms with Crippen LogP contribution in [0.4, 0.5) is 10.1 Å². The molecule has 5 nitrogen and oxygen atoms in total. The van der Waals surface area contributed by atoms with Gasteiger partial charge in [-0.3, -0.25) is 9.36 Å². The Hall–Kier alpha value is -2.93. The zero-order chi connectivity index (χ0) is 20.8. The SMILES string of the molecule is C=CCn1c(SCC(=O)Nc2ccccc2C(C)C)nnc1-c1ccc(F)cc1. The van der Waals surface area contributed by atoms with Gasteiger partial charge in [0.1, 0.15) is 5.82 Å². The Morgan fingerprint density at radius 3 is 2.62 bits per heavy atom. The molecule has 0 bridgehead atoms. The number of carbonyl (C=O) groups is 1. The second-order valence-electron chi connectivity index (χ2n) is 6.79. The van der Waals surface area contributed by atoms with Gasteiger partial charge in [0.2, 0.25) is 5.91 Å². The Bertz CT molecular complexity index is 998. The number of allylic oxidation sites excluding steroid dienone is 1. The zero-order valence-electron chi connectivity index (χ0n) is 16.4. The van der Waals surface area contributed by atoms with Crippen LogP contribution in [-0.4, -0.2) is 26.4 Å². The molecule has 3 aromatic rings. The third kappa shape index (κ3) is 5.12. The maximum absolute atomic E-state index is 13.2. The summed E-state index contributed by atoms with van der Waals surface area (Å²) in [5.41, 5.74) is 2.68. The van der Waals surface area contributed by atoms with Gasteiger partial charge in [0.15, 0.2) is 11.0 Å². The van der Waals surface area contributed by atoms with Gasteiger partial charge in [-0.2, -0.15) is 0 Å². The summed E-state index contributed by atoms with van der Waals surface area (Å²) in [4.78, 5) is 12.5. The van der Waals surface area contributed by atoms with Gasteiger partial charge >= 0.3 is 0 Å². The molecule has 29 heavy (non-hydrogen) atoms. The van der Waals surface area contributed by atoms with E-state index in [0.717, 1.165) is 16.8 Å². The van der Waals surface area contributed by atoms with Crippen molar-refractivity contribution >= 4 is 23.4 Å². The average molecular weight is 411 g/mol. The molecule has 1 aromatic heterocycles. The van der Waals surface area contributed by atoms with E-state index in [1.807, 2.05) is 28.8 Å². The summed E-state index contributed by atoms with van der Waals surface area (Å²) in [6.07, 6.45) is 1.74. The topological polar surface area (TPSA) is 59.8 Å². The first-order valence-corrected chi connectivity index (χ1v) is 10.3. The number of halogens is 1. The molecule has 0 atom stereocenters. The number of hydrogen-bond donors (Lipinski definition) is 1. The lowest BCUT2D eigenvalue weighted by Crippen LogP contribution is -2.16. The normalized spacial score (nSPS) is 10.9. The van der Waals surface area contributed by atoms with Crippen molar-refractivity contribution in [2.24, 2.45) is 0 Å². The van der Waals surface area contributed by atoms with Crippen molar-refractivity contribution in [2.75, 3.05) is 11.1 Å². The smallest absolute Gasteiger partial charge is 0.234 e. The maximum Gasteiger partial charge on any atom is 0.234 e. The van der Waals surface area contributed by atoms with Crippen molar-refractivity contribution in [1.82, 2.24) is 14.8 Å². The molecular weight excluding hydrogens is 387 g/mol. The predicted octanol–water partition coefficient (Wildman–Crippen LogP) is 5.12. The zero-order valence-corrected chi connectivity index (χ0v) is 17.2. The Kier molecular flexibility index (Phi) is 6.82. The summed E-state index contributed by atoms with van der Waals surface area (Å²) in [6, 6.07) is 13.9. The molecule has 0 saturated heterocycles. The highest BCUT2D eigenvalue weighted by atomic mass is 32.2. The highest BCUT2D eigenvalue weighted by molar-refractivity contribution is 7.99. The first-order valence-electron chi connectivity index (χ1n) is 9.31. The molecule has 3 rings (SSSR count). The number of rotatable bonds is 8. The fourth-order valence-corrected chi connectivity index (χ4v) is 3.68. The molecular formula is C22H23FN4OS.